The summed E-state index contributed by atoms with van der Waals surface area (Å²) in [5.74, 6) is 1.95. The van der Waals surface area contributed by atoms with Crippen molar-refractivity contribution in [3.05, 3.63) is 5.28 Å². The molecule has 0 saturated carbocycles. The summed E-state index contributed by atoms with van der Waals surface area (Å²) >= 11 is 5.92. The molecule has 19 heavy (non-hydrogen) atoms. The highest BCUT2D eigenvalue weighted by Crippen LogP contribution is 2.35. The molecular formula is C13H22ClN5. The molecule has 1 aliphatic rings. The van der Waals surface area contributed by atoms with Crippen molar-refractivity contribution in [2.45, 2.75) is 33.6 Å². The van der Waals surface area contributed by atoms with Gasteiger partial charge in [0.2, 0.25) is 17.2 Å². The van der Waals surface area contributed by atoms with Gasteiger partial charge in [0.25, 0.3) is 0 Å². The van der Waals surface area contributed by atoms with Gasteiger partial charge in [-0.2, -0.15) is 15.0 Å². The molecule has 0 unspecified atom stereocenters. The van der Waals surface area contributed by atoms with E-state index >= 15 is 0 Å². The van der Waals surface area contributed by atoms with Gasteiger partial charge in [0.05, 0.1) is 0 Å². The number of hydrogen-bond acceptors (Lipinski definition) is 5. The molecule has 1 aromatic rings. The first-order valence-electron chi connectivity index (χ1n) is 6.74. The highest BCUT2D eigenvalue weighted by molar-refractivity contribution is 6.28. The van der Waals surface area contributed by atoms with Crippen LogP contribution >= 0.6 is 11.6 Å². The molecule has 2 rings (SSSR count). The van der Waals surface area contributed by atoms with Crippen LogP contribution in [0.5, 0.6) is 0 Å². The predicted molar refractivity (Wildman–Crippen MR) is 78.8 cm³/mol. The quantitative estimate of drug-likeness (QED) is 0.904. The average molecular weight is 284 g/mol. The monoisotopic (exact) mass is 283 g/mol. The standard InChI is InChI=1S/C13H22ClN5/c1-13(2,3)9-5-7-19(8-6-9)12-17-10(14)16-11(15-4)18-12/h9H,5-8H2,1-4H3,(H,15,16,17,18). The van der Waals surface area contributed by atoms with Crippen molar-refractivity contribution in [2.24, 2.45) is 11.3 Å². The fourth-order valence-corrected chi connectivity index (χ4v) is 2.69. The first kappa shape index (κ1) is 14.3. The topological polar surface area (TPSA) is 53.9 Å². The van der Waals surface area contributed by atoms with Gasteiger partial charge in [0.15, 0.2) is 0 Å². The van der Waals surface area contributed by atoms with E-state index in [1.165, 1.54) is 12.8 Å². The zero-order chi connectivity index (χ0) is 14.0. The predicted octanol–water partition coefficient (Wildman–Crippen LogP) is 2.83. The molecule has 2 heterocycles. The lowest BCUT2D eigenvalue weighted by Crippen LogP contribution is -2.39. The minimum Gasteiger partial charge on any atom is -0.357 e. The summed E-state index contributed by atoms with van der Waals surface area (Å²) in [7, 11) is 1.78. The minimum atomic E-state index is 0.243. The van der Waals surface area contributed by atoms with Gasteiger partial charge in [-0.3, -0.25) is 0 Å². The molecule has 0 radical (unpaired) electrons. The number of hydrogen-bond donors (Lipinski definition) is 1. The van der Waals surface area contributed by atoms with E-state index in [1.54, 1.807) is 7.05 Å². The van der Waals surface area contributed by atoms with Crippen molar-refractivity contribution in [3.63, 3.8) is 0 Å². The van der Waals surface area contributed by atoms with Crippen LogP contribution in [-0.4, -0.2) is 35.1 Å². The molecule has 6 heteroatoms. The number of anilines is 2. The molecule has 0 aromatic carbocycles. The molecule has 0 atom stereocenters. The van der Waals surface area contributed by atoms with E-state index in [-0.39, 0.29) is 5.28 Å². The molecule has 1 aromatic heterocycles. The summed E-state index contributed by atoms with van der Waals surface area (Å²) in [6, 6.07) is 0. The molecule has 0 spiro atoms. The van der Waals surface area contributed by atoms with Crippen LogP contribution in [0, 0.1) is 11.3 Å². The lowest BCUT2D eigenvalue weighted by Gasteiger charge is -2.38. The third kappa shape index (κ3) is 3.47. The summed E-state index contributed by atoms with van der Waals surface area (Å²) in [4.78, 5) is 14.8. The van der Waals surface area contributed by atoms with Gasteiger partial charge < -0.3 is 10.2 Å². The molecule has 0 aliphatic carbocycles. The molecular weight excluding hydrogens is 262 g/mol. The highest BCUT2D eigenvalue weighted by atomic mass is 35.5. The third-order valence-corrected chi connectivity index (χ3v) is 3.99. The van der Waals surface area contributed by atoms with Gasteiger partial charge in [-0.25, -0.2) is 0 Å². The zero-order valence-corrected chi connectivity index (χ0v) is 12.8. The van der Waals surface area contributed by atoms with Gasteiger partial charge in [-0.15, -0.1) is 0 Å². The van der Waals surface area contributed by atoms with E-state index in [1.807, 2.05) is 0 Å². The van der Waals surface area contributed by atoms with Gasteiger partial charge in [-0.05, 0) is 35.8 Å². The Kier molecular flexibility index (Phi) is 4.13. The van der Waals surface area contributed by atoms with Crippen molar-refractivity contribution in [1.29, 1.82) is 0 Å². The van der Waals surface area contributed by atoms with Gasteiger partial charge >= 0.3 is 0 Å². The Morgan fingerprint density at radius 1 is 1.16 bits per heavy atom. The third-order valence-electron chi connectivity index (χ3n) is 3.82. The smallest absolute Gasteiger partial charge is 0.231 e. The van der Waals surface area contributed by atoms with Crippen molar-refractivity contribution in [1.82, 2.24) is 15.0 Å². The van der Waals surface area contributed by atoms with Crippen LogP contribution in [-0.2, 0) is 0 Å². The fourth-order valence-electron chi connectivity index (χ4n) is 2.54. The molecule has 5 nitrogen and oxygen atoms in total. The van der Waals surface area contributed by atoms with Crippen molar-refractivity contribution in [3.8, 4) is 0 Å². The van der Waals surface area contributed by atoms with Crippen LogP contribution in [0.1, 0.15) is 33.6 Å². The van der Waals surface area contributed by atoms with Crippen LogP contribution in [0.25, 0.3) is 0 Å². The summed E-state index contributed by atoms with van der Waals surface area (Å²) in [5.41, 5.74) is 0.374. The van der Waals surface area contributed by atoms with Crippen LogP contribution in [0.15, 0.2) is 0 Å². The average Bonchev–Trinajstić information content (AvgIpc) is 2.37. The maximum atomic E-state index is 5.92. The number of piperidine rings is 1. The van der Waals surface area contributed by atoms with Crippen LogP contribution in [0.4, 0.5) is 11.9 Å². The Morgan fingerprint density at radius 2 is 1.79 bits per heavy atom. The van der Waals surface area contributed by atoms with Gasteiger partial charge in [-0.1, -0.05) is 20.8 Å². The first-order valence-corrected chi connectivity index (χ1v) is 7.12. The molecule has 1 N–H and O–H groups in total. The highest BCUT2D eigenvalue weighted by Gasteiger charge is 2.29. The molecule has 1 saturated heterocycles. The van der Waals surface area contributed by atoms with Crippen LogP contribution in [0.2, 0.25) is 5.28 Å². The normalized spacial score (nSPS) is 17.6. The fraction of sp³-hybridized carbons (Fsp3) is 0.769. The van der Waals surface area contributed by atoms with E-state index in [9.17, 15) is 0 Å². The van der Waals surface area contributed by atoms with Crippen LogP contribution < -0.4 is 10.2 Å². The lowest BCUT2D eigenvalue weighted by atomic mass is 9.75. The molecule has 1 fully saturated rings. The van der Waals surface area contributed by atoms with Gasteiger partial charge in [0, 0.05) is 20.1 Å². The summed E-state index contributed by atoms with van der Waals surface area (Å²) in [6.45, 7) is 8.89. The van der Waals surface area contributed by atoms with Gasteiger partial charge in [0.1, 0.15) is 0 Å². The number of rotatable bonds is 2. The number of halogens is 1. The maximum absolute atomic E-state index is 5.92. The number of nitrogens with one attached hydrogen (secondary N) is 1. The molecule has 1 aliphatic heterocycles. The van der Waals surface area contributed by atoms with E-state index in [0.717, 1.165) is 19.0 Å². The number of aromatic nitrogens is 3. The largest absolute Gasteiger partial charge is 0.357 e. The Morgan fingerprint density at radius 3 is 2.32 bits per heavy atom. The van der Waals surface area contributed by atoms with E-state index in [2.05, 4.69) is 45.9 Å². The Balaban J connectivity index is 2.07. The SMILES string of the molecule is CNc1nc(Cl)nc(N2CCC(C(C)(C)C)CC2)n1. The van der Waals surface area contributed by atoms with Crippen molar-refractivity contribution in [2.75, 3.05) is 30.4 Å². The van der Waals surface area contributed by atoms with Crippen LogP contribution in [0.3, 0.4) is 0 Å². The molecule has 0 bridgehead atoms. The second-order valence-electron chi connectivity index (χ2n) is 6.11. The lowest BCUT2D eigenvalue weighted by molar-refractivity contribution is 0.198. The Labute approximate surface area is 119 Å². The maximum Gasteiger partial charge on any atom is 0.231 e. The zero-order valence-electron chi connectivity index (χ0n) is 12.1. The Bertz CT molecular complexity index is 435. The number of nitrogens with zero attached hydrogens (tertiary/aromatic N) is 4. The second-order valence-corrected chi connectivity index (χ2v) is 6.44. The second kappa shape index (κ2) is 5.49. The molecule has 106 valence electrons. The van der Waals surface area contributed by atoms with E-state index < -0.39 is 0 Å². The summed E-state index contributed by atoms with van der Waals surface area (Å²) < 4.78 is 0. The minimum absolute atomic E-state index is 0.243. The van der Waals surface area contributed by atoms with Crippen molar-refractivity contribution < 1.29 is 0 Å². The summed E-state index contributed by atoms with van der Waals surface area (Å²) in [5, 5.41) is 3.15. The first-order chi connectivity index (χ1) is 8.90. The van der Waals surface area contributed by atoms with E-state index in [4.69, 9.17) is 11.6 Å². The summed E-state index contributed by atoms with van der Waals surface area (Å²) in [6.07, 6.45) is 2.34. The van der Waals surface area contributed by atoms with E-state index in [0.29, 0.717) is 17.3 Å². The Hall–Kier alpha value is -1.10. The molecule has 0 amide bonds. The van der Waals surface area contributed by atoms with Crippen molar-refractivity contribution >= 4 is 23.5 Å².